The summed E-state index contributed by atoms with van der Waals surface area (Å²) in [6.07, 6.45) is 5.09. The molecule has 2 aliphatic rings. The highest BCUT2D eigenvalue weighted by Gasteiger charge is 2.46. The van der Waals surface area contributed by atoms with E-state index in [-0.39, 0.29) is 11.1 Å². The second kappa shape index (κ2) is 6.07. The summed E-state index contributed by atoms with van der Waals surface area (Å²) >= 11 is 0. The average Bonchev–Trinajstić information content (AvgIpc) is 2.96. The summed E-state index contributed by atoms with van der Waals surface area (Å²) in [5.74, 6) is 0.512. The van der Waals surface area contributed by atoms with Gasteiger partial charge in [0, 0.05) is 25.2 Å². The molecule has 3 nitrogen and oxygen atoms in total. The van der Waals surface area contributed by atoms with Crippen LogP contribution in [0.15, 0.2) is 30.3 Å². The third-order valence-electron chi connectivity index (χ3n) is 5.41. The van der Waals surface area contributed by atoms with Gasteiger partial charge in [-0.1, -0.05) is 37.3 Å². The summed E-state index contributed by atoms with van der Waals surface area (Å²) in [6.45, 7) is 4.61. The number of benzene rings is 1. The first-order valence-corrected chi connectivity index (χ1v) is 8.20. The fourth-order valence-electron chi connectivity index (χ4n) is 3.92. The van der Waals surface area contributed by atoms with Gasteiger partial charge in [0.15, 0.2) is 0 Å². The standard InChI is InChI=1S/C18H27NO2/c1-2-18(19,12-15-6-4-3-5-7-15)16-8-10-21-17(13-16)9-11-20-14-17/h3-7,16H,2,8-14,19H2,1H3. The Balaban J connectivity index is 1.75. The molecule has 2 N–H and O–H groups in total. The molecule has 0 saturated carbocycles. The summed E-state index contributed by atoms with van der Waals surface area (Å²) in [5, 5.41) is 0. The Morgan fingerprint density at radius 3 is 2.76 bits per heavy atom. The summed E-state index contributed by atoms with van der Waals surface area (Å²) in [7, 11) is 0. The molecule has 21 heavy (non-hydrogen) atoms. The van der Waals surface area contributed by atoms with E-state index < -0.39 is 0 Å². The normalized spacial score (nSPS) is 32.2. The summed E-state index contributed by atoms with van der Waals surface area (Å²) < 4.78 is 11.7. The van der Waals surface area contributed by atoms with Gasteiger partial charge in [-0.2, -0.15) is 0 Å². The van der Waals surface area contributed by atoms with Crippen molar-refractivity contribution in [3.63, 3.8) is 0 Å². The molecule has 0 radical (unpaired) electrons. The number of ether oxygens (including phenoxy) is 2. The van der Waals surface area contributed by atoms with Crippen LogP contribution < -0.4 is 5.73 Å². The van der Waals surface area contributed by atoms with Crippen molar-refractivity contribution in [1.29, 1.82) is 0 Å². The van der Waals surface area contributed by atoms with Crippen molar-refractivity contribution < 1.29 is 9.47 Å². The smallest absolute Gasteiger partial charge is 0.0940 e. The monoisotopic (exact) mass is 289 g/mol. The van der Waals surface area contributed by atoms with Gasteiger partial charge in [-0.25, -0.2) is 0 Å². The number of hydrogen-bond donors (Lipinski definition) is 1. The minimum atomic E-state index is -0.138. The lowest BCUT2D eigenvalue weighted by Crippen LogP contribution is -2.54. The van der Waals surface area contributed by atoms with Crippen molar-refractivity contribution in [2.24, 2.45) is 11.7 Å². The topological polar surface area (TPSA) is 44.5 Å². The first-order valence-electron chi connectivity index (χ1n) is 8.20. The quantitative estimate of drug-likeness (QED) is 0.927. The Kier molecular flexibility index (Phi) is 4.34. The number of nitrogens with two attached hydrogens (primary N) is 1. The van der Waals surface area contributed by atoms with Crippen molar-refractivity contribution in [1.82, 2.24) is 0 Å². The van der Waals surface area contributed by atoms with Crippen LogP contribution in [-0.4, -0.2) is 31.0 Å². The lowest BCUT2D eigenvalue weighted by Gasteiger charge is -2.45. The highest BCUT2D eigenvalue weighted by molar-refractivity contribution is 5.18. The van der Waals surface area contributed by atoms with Crippen molar-refractivity contribution >= 4 is 0 Å². The van der Waals surface area contributed by atoms with Gasteiger partial charge < -0.3 is 15.2 Å². The molecule has 0 bridgehead atoms. The van der Waals surface area contributed by atoms with Crippen molar-refractivity contribution in [3.8, 4) is 0 Å². The zero-order valence-corrected chi connectivity index (χ0v) is 13.0. The van der Waals surface area contributed by atoms with Gasteiger partial charge in [0.25, 0.3) is 0 Å². The fourth-order valence-corrected chi connectivity index (χ4v) is 3.92. The lowest BCUT2D eigenvalue weighted by molar-refractivity contribution is -0.109. The molecule has 2 aliphatic heterocycles. The largest absolute Gasteiger partial charge is 0.378 e. The molecular formula is C18H27NO2. The molecule has 3 rings (SSSR count). The van der Waals surface area contributed by atoms with Crippen molar-refractivity contribution in [2.45, 2.75) is 50.2 Å². The summed E-state index contributed by atoms with van der Waals surface area (Å²) in [6, 6.07) is 10.6. The third kappa shape index (κ3) is 3.15. The van der Waals surface area contributed by atoms with Gasteiger partial charge in [-0.3, -0.25) is 0 Å². The Hall–Kier alpha value is -0.900. The van der Waals surface area contributed by atoms with Crippen LogP contribution in [0.3, 0.4) is 0 Å². The van der Waals surface area contributed by atoms with Crippen LogP contribution >= 0.6 is 0 Å². The van der Waals surface area contributed by atoms with Crippen molar-refractivity contribution in [2.75, 3.05) is 19.8 Å². The second-order valence-electron chi connectivity index (χ2n) is 6.77. The van der Waals surface area contributed by atoms with E-state index in [1.807, 2.05) is 0 Å². The minimum absolute atomic E-state index is 0.0562. The average molecular weight is 289 g/mol. The highest BCUT2D eigenvalue weighted by Crippen LogP contribution is 2.41. The number of hydrogen-bond acceptors (Lipinski definition) is 3. The van der Waals surface area contributed by atoms with Gasteiger partial charge >= 0.3 is 0 Å². The van der Waals surface area contributed by atoms with Crippen molar-refractivity contribution in [3.05, 3.63) is 35.9 Å². The molecule has 2 saturated heterocycles. The van der Waals surface area contributed by atoms with Gasteiger partial charge in [-0.15, -0.1) is 0 Å². The first kappa shape index (κ1) is 15.0. The van der Waals surface area contributed by atoms with Crippen LogP contribution in [0.5, 0.6) is 0 Å². The van der Waals surface area contributed by atoms with Crippen LogP contribution in [0.4, 0.5) is 0 Å². The van der Waals surface area contributed by atoms with Gasteiger partial charge in [0.05, 0.1) is 12.2 Å². The molecule has 1 aromatic rings. The predicted molar refractivity (Wildman–Crippen MR) is 84.2 cm³/mol. The summed E-state index contributed by atoms with van der Waals surface area (Å²) in [5.41, 5.74) is 8.00. The Morgan fingerprint density at radius 1 is 1.29 bits per heavy atom. The molecule has 0 amide bonds. The van der Waals surface area contributed by atoms with Crippen LogP contribution in [0.25, 0.3) is 0 Å². The maximum absolute atomic E-state index is 6.86. The molecule has 1 spiro atoms. The van der Waals surface area contributed by atoms with Crippen LogP contribution in [0.2, 0.25) is 0 Å². The second-order valence-corrected chi connectivity index (χ2v) is 6.77. The van der Waals surface area contributed by atoms with E-state index in [4.69, 9.17) is 15.2 Å². The zero-order valence-electron chi connectivity index (χ0n) is 13.0. The zero-order chi connectivity index (χ0) is 14.8. The maximum Gasteiger partial charge on any atom is 0.0940 e. The minimum Gasteiger partial charge on any atom is -0.378 e. The van der Waals surface area contributed by atoms with E-state index in [9.17, 15) is 0 Å². The van der Waals surface area contributed by atoms with Gasteiger partial charge in [0.1, 0.15) is 0 Å². The molecule has 3 unspecified atom stereocenters. The molecule has 3 heteroatoms. The van der Waals surface area contributed by atoms with E-state index in [0.717, 1.165) is 51.9 Å². The Bertz CT molecular complexity index is 456. The lowest BCUT2D eigenvalue weighted by atomic mass is 9.70. The van der Waals surface area contributed by atoms with Gasteiger partial charge in [0.2, 0.25) is 0 Å². The van der Waals surface area contributed by atoms with E-state index in [2.05, 4.69) is 37.3 Å². The fraction of sp³-hybridized carbons (Fsp3) is 0.667. The van der Waals surface area contributed by atoms with E-state index in [1.54, 1.807) is 0 Å². The molecule has 116 valence electrons. The Labute approximate surface area is 127 Å². The van der Waals surface area contributed by atoms with Crippen LogP contribution in [0.1, 0.15) is 38.2 Å². The molecule has 1 aromatic carbocycles. The van der Waals surface area contributed by atoms with Crippen LogP contribution in [-0.2, 0) is 15.9 Å². The first-order chi connectivity index (χ1) is 10.2. The van der Waals surface area contributed by atoms with Crippen LogP contribution in [0, 0.1) is 5.92 Å². The number of rotatable bonds is 4. The molecule has 3 atom stereocenters. The third-order valence-corrected chi connectivity index (χ3v) is 5.41. The predicted octanol–water partition coefficient (Wildman–Crippen LogP) is 2.92. The maximum atomic E-state index is 6.86. The van der Waals surface area contributed by atoms with E-state index >= 15 is 0 Å². The SMILES string of the molecule is CCC(N)(Cc1ccccc1)C1CCOC2(CCOC2)C1. The van der Waals surface area contributed by atoms with E-state index in [0.29, 0.717) is 5.92 Å². The Morgan fingerprint density at radius 2 is 2.10 bits per heavy atom. The highest BCUT2D eigenvalue weighted by atomic mass is 16.6. The summed E-state index contributed by atoms with van der Waals surface area (Å²) in [4.78, 5) is 0. The molecule has 0 aliphatic carbocycles. The van der Waals surface area contributed by atoms with Gasteiger partial charge in [-0.05, 0) is 37.2 Å². The molecular weight excluding hydrogens is 262 g/mol. The van der Waals surface area contributed by atoms with E-state index in [1.165, 1.54) is 5.56 Å². The molecule has 2 heterocycles. The molecule has 2 fully saturated rings. The molecule has 0 aromatic heterocycles.